The quantitative estimate of drug-likeness (QED) is 0.647. The summed E-state index contributed by atoms with van der Waals surface area (Å²) < 4.78 is 25.6. The van der Waals surface area contributed by atoms with Gasteiger partial charge in [-0.15, -0.1) is 0 Å². The van der Waals surface area contributed by atoms with Gasteiger partial charge in [0.15, 0.2) is 9.84 Å². The fraction of sp³-hybridized carbons (Fsp3) is 0.348. The molecule has 0 fully saturated rings. The van der Waals surface area contributed by atoms with Crippen LogP contribution in [0.4, 0.5) is 0 Å². The second-order valence-electron chi connectivity index (χ2n) is 8.43. The zero-order valence-electron chi connectivity index (χ0n) is 17.5. The van der Waals surface area contributed by atoms with Crippen LogP contribution in [0.3, 0.4) is 0 Å². The maximum atomic E-state index is 11.8. The number of benzene rings is 2. The summed E-state index contributed by atoms with van der Waals surface area (Å²) in [7, 11) is -3.25. The molecule has 0 unspecified atom stereocenters. The van der Waals surface area contributed by atoms with Crippen molar-refractivity contribution in [3.05, 3.63) is 60.3 Å². The highest BCUT2D eigenvalue weighted by Crippen LogP contribution is 2.29. The molecule has 1 heterocycles. The normalized spacial score (nSPS) is 12.5. The predicted octanol–water partition coefficient (Wildman–Crippen LogP) is 4.50. The number of aliphatic hydroxyl groups is 1. The fourth-order valence-electron chi connectivity index (χ4n) is 3.17. The molecule has 3 rings (SSSR count). The van der Waals surface area contributed by atoms with Crippen LogP contribution in [0.15, 0.2) is 59.5 Å². The van der Waals surface area contributed by atoms with Gasteiger partial charge in [0.1, 0.15) is 5.60 Å². The molecule has 2 aromatic carbocycles. The van der Waals surface area contributed by atoms with Crippen molar-refractivity contribution in [1.82, 2.24) is 9.78 Å². The summed E-state index contributed by atoms with van der Waals surface area (Å²) in [4.78, 5) is 0.309. The van der Waals surface area contributed by atoms with E-state index in [0.29, 0.717) is 16.5 Å². The van der Waals surface area contributed by atoms with E-state index in [1.807, 2.05) is 41.1 Å². The second kappa shape index (κ2) is 7.76. The largest absolute Gasteiger partial charge is 0.384 e. The topological polar surface area (TPSA) is 72.2 Å². The van der Waals surface area contributed by atoms with E-state index < -0.39 is 15.4 Å². The van der Waals surface area contributed by atoms with Gasteiger partial charge in [-0.25, -0.2) is 8.42 Å². The van der Waals surface area contributed by atoms with Crippen LogP contribution in [0.25, 0.3) is 22.4 Å². The molecule has 0 amide bonds. The van der Waals surface area contributed by atoms with Crippen molar-refractivity contribution < 1.29 is 13.5 Å². The van der Waals surface area contributed by atoms with Gasteiger partial charge in [-0.05, 0) is 54.7 Å². The summed E-state index contributed by atoms with van der Waals surface area (Å²) in [5.74, 6) is 0.418. The van der Waals surface area contributed by atoms with Crippen LogP contribution in [-0.4, -0.2) is 29.6 Å². The molecule has 29 heavy (non-hydrogen) atoms. The molecule has 0 atom stereocenters. The van der Waals surface area contributed by atoms with Gasteiger partial charge in [-0.2, -0.15) is 5.10 Å². The Kier molecular flexibility index (Phi) is 5.70. The molecule has 0 bridgehead atoms. The summed E-state index contributed by atoms with van der Waals surface area (Å²) in [6.45, 7) is 8.48. The number of hydrogen-bond donors (Lipinski definition) is 1. The molecule has 0 aliphatic heterocycles. The van der Waals surface area contributed by atoms with Gasteiger partial charge in [0.05, 0.1) is 16.3 Å². The highest BCUT2D eigenvalue weighted by molar-refractivity contribution is 7.90. The smallest absolute Gasteiger partial charge is 0.175 e. The van der Waals surface area contributed by atoms with Crippen LogP contribution in [-0.2, 0) is 22.0 Å². The van der Waals surface area contributed by atoms with E-state index in [9.17, 15) is 13.5 Å². The van der Waals surface area contributed by atoms with E-state index in [-0.39, 0.29) is 0 Å². The van der Waals surface area contributed by atoms with Crippen LogP contribution >= 0.6 is 0 Å². The van der Waals surface area contributed by atoms with Crippen LogP contribution in [0, 0.1) is 5.92 Å². The molecule has 6 heteroatoms. The molecule has 0 aliphatic carbocycles. The van der Waals surface area contributed by atoms with Gasteiger partial charge in [0.2, 0.25) is 0 Å². The summed E-state index contributed by atoms with van der Waals surface area (Å²) in [5.41, 5.74) is 3.37. The molecule has 5 nitrogen and oxygen atoms in total. The number of rotatable bonds is 6. The Morgan fingerprint density at radius 2 is 1.62 bits per heavy atom. The van der Waals surface area contributed by atoms with Gasteiger partial charge < -0.3 is 5.11 Å². The lowest BCUT2D eigenvalue weighted by atomic mass is 10.0. The summed E-state index contributed by atoms with van der Waals surface area (Å²) in [6, 6.07) is 16.9. The Labute approximate surface area is 172 Å². The Balaban J connectivity index is 2.00. The fourth-order valence-corrected chi connectivity index (χ4v) is 3.84. The second-order valence-corrected chi connectivity index (χ2v) is 10.4. The average Bonchev–Trinajstić information content (AvgIpc) is 3.05. The summed E-state index contributed by atoms with van der Waals surface area (Å²) >= 11 is 0. The third-order valence-corrected chi connectivity index (χ3v) is 5.83. The summed E-state index contributed by atoms with van der Waals surface area (Å²) in [6.07, 6.45) is 1.21. The maximum absolute atomic E-state index is 11.8. The van der Waals surface area contributed by atoms with Crippen molar-refractivity contribution in [1.29, 1.82) is 0 Å². The first-order valence-corrected chi connectivity index (χ1v) is 11.6. The van der Waals surface area contributed by atoms with Gasteiger partial charge in [0.25, 0.3) is 0 Å². The standard InChI is InChI=1S/C23H28N2O3S/c1-16(2)15-25-21(14-22(24-25)23(3,4)26)18-11-9-17(10-12-18)19-7-6-8-20(13-19)29(5,27)28/h6-14,16,26H,15H2,1-5H3. The number of sulfone groups is 1. The van der Waals surface area contributed by atoms with E-state index in [2.05, 4.69) is 18.9 Å². The van der Waals surface area contributed by atoms with Crippen molar-refractivity contribution in [3.63, 3.8) is 0 Å². The molecule has 0 aliphatic rings. The van der Waals surface area contributed by atoms with Crippen molar-refractivity contribution in [2.45, 2.75) is 44.7 Å². The van der Waals surface area contributed by atoms with Crippen LogP contribution in [0.1, 0.15) is 33.4 Å². The Hall–Kier alpha value is -2.44. The highest BCUT2D eigenvalue weighted by Gasteiger charge is 2.22. The van der Waals surface area contributed by atoms with Gasteiger partial charge in [0, 0.05) is 12.8 Å². The molecular formula is C23H28N2O3S. The third-order valence-electron chi connectivity index (χ3n) is 4.72. The van der Waals surface area contributed by atoms with E-state index in [1.165, 1.54) is 6.26 Å². The first-order valence-electron chi connectivity index (χ1n) is 9.67. The average molecular weight is 413 g/mol. The monoisotopic (exact) mass is 412 g/mol. The Bertz CT molecular complexity index is 1110. The Morgan fingerprint density at radius 3 is 2.17 bits per heavy atom. The van der Waals surface area contributed by atoms with Crippen LogP contribution < -0.4 is 0 Å². The van der Waals surface area contributed by atoms with E-state index >= 15 is 0 Å². The minimum Gasteiger partial charge on any atom is -0.384 e. The van der Waals surface area contributed by atoms with Gasteiger partial charge in [-0.1, -0.05) is 50.2 Å². The zero-order chi connectivity index (χ0) is 21.4. The molecule has 1 aromatic heterocycles. The zero-order valence-corrected chi connectivity index (χ0v) is 18.4. The predicted molar refractivity (Wildman–Crippen MR) is 116 cm³/mol. The lowest BCUT2D eigenvalue weighted by Crippen LogP contribution is -2.17. The van der Waals surface area contributed by atoms with Crippen molar-refractivity contribution >= 4 is 9.84 Å². The van der Waals surface area contributed by atoms with E-state index in [1.54, 1.807) is 32.0 Å². The van der Waals surface area contributed by atoms with Crippen LogP contribution in [0.2, 0.25) is 0 Å². The van der Waals surface area contributed by atoms with Crippen molar-refractivity contribution in [2.24, 2.45) is 5.92 Å². The lowest BCUT2D eigenvalue weighted by molar-refractivity contribution is 0.0729. The third kappa shape index (κ3) is 4.95. The molecule has 1 N–H and O–H groups in total. The maximum Gasteiger partial charge on any atom is 0.175 e. The number of hydrogen-bond acceptors (Lipinski definition) is 4. The Morgan fingerprint density at radius 1 is 1.00 bits per heavy atom. The SMILES string of the molecule is CC(C)Cn1nc(C(C)(C)O)cc1-c1ccc(-c2cccc(S(C)(=O)=O)c2)cc1. The van der Waals surface area contributed by atoms with Crippen molar-refractivity contribution in [3.8, 4) is 22.4 Å². The number of nitrogens with zero attached hydrogens (tertiary/aromatic N) is 2. The highest BCUT2D eigenvalue weighted by atomic mass is 32.2. The minimum absolute atomic E-state index is 0.309. The molecule has 0 spiro atoms. The van der Waals surface area contributed by atoms with Gasteiger partial charge in [-0.3, -0.25) is 4.68 Å². The van der Waals surface area contributed by atoms with E-state index in [4.69, 9.17) is 0 Å². The van der Waals surface area contributed by atoms with Crippen LogP contribution in [0.5, 0.6) is 0 Å². The van der Waals surface area contributed by atoms with Crippen molar-refractivity contribution in [2.75, 3.05) is 6.26 Å². The number of aromatic nitrogens is 2. The van der Waals surface area contributed by atoms with Gasteiger partial charge >= 0.3 is 0 Å². The molecular weight excluding hydrogens is 384 g/mol. The molecule has 0 radical (unpaired) electrons. The minimum atomic E-state index is -3.25. The van der Waals surface area contributed by atoms with E-state index in [0.717, 1.165) is 28.9 Å². The lowest BCUT2D eigenvalue weighted by Gasteiger charge is -2.13. The first kappa shape index (κ1) is 21.3. The molecule has 0 saturated carbocycles. The summed E-state index contributed by atoms with van der Waals surface area (Å²) in [5, 5.41) is 15.0. The molecule has 154 valence electrons. The first-order chi connectivity index (χ1) is 13.4. The molecule has 3 aromatic rings. The molecule has 0 saturated heterocycles.